The average Bonchev–Trinajstić information content (AvgIpc) is 3.52. The van der Waals surface area contributed by atoms with Crippen LogP contribution in [0, 0.1) is 0 Å². The van der Waals surface area contributed by atoms with E-state index in [1.807, 2.05) is 11.8 Å². The van der Waals surface area contributed by atoms with E-state index in [0.717, 1.165) is 38.5 Å². The number of aromatic nitrogens is 2. The zero-order valence-corrected chi connectivity index (χ0v) is 21.5. The summed E-state index contributed by atoms with van der Waals surface area (Å²) in [6.45, 7) is 4.18. The first kappa shape index (κ1) is 24.5. The van der Waals surface area contributed by atoms with Gasteiger partial charge in [0.25, 0.3) is 10.2 Å². The van der Waals surface area contributed by atoms with Crippen LogP contribution in [0.5, 0.6) is 5.75 Å². The summed E-state index contributed by atoms with van der Waals surface area (Å²) in [6, 6.07) is 7.03. The van der Waals surface area contributed by atoms with Crippen molar-refractivity contribution in [3.05, 3.63) is 45.8 Å². The molecule has 0 radical (unpaired) electrons. The second-order valence-corrected chi connectivity index (χ2v) is 11.9. The summed E-state index contributed by atoms with van der Waals surface area (Å²) < 4.78 is 37.1. The molecular weight excluding hydrogens is 490 g/mol. The molecule has 0 spiro atoms. The van der Waals surface area contributed by atoms with Crippen molar-refractivity contribution in [3.8, 4) is 11.4 Å². The predicted molar refractivity (Wildman–Crippen MR) is 136 cm³/mol. The van der Waals surface area contributed by atoms with Crippen LogP contribution in [0.2, 0.25) is 5.02 Å². The maximum Gasteiger partial charge on any atom is 0.316 e. The number of rotatable bonds is 6. The minimum absolute atomic E-state index is 0.00465. The van der Waals surface area contributed by atoms with Gasteiger partial charge in [-0.2, -0.15) is 26.8 Å². The lowest BCUT2D eigenvalue weighted by molar-refractivity contribution is 0.205. The molecule has 9 nitrogen and oxygen atoms in total. The molecule has 2 aromatic rings. The van der Waals surface area contributed by atoms with Crippen molar-refractivity contribution in [1.29, 1.82) is 0 Å². The third-order valence-corrected chi connectivity index (χ3v) is 9.64. The predicted octanol–water partition coefficient (Wildman–Crippen LogP) is 3.06. The molecule has 11 heteroatoms. The highest BCUT2D eigenvalue weighted by molar-refractivity contribution is 7.86. The van der Waals surface area contributed by atoms with Crippen LogP contribution in [0.4, 0.5) is 5.69 Å². The van der Waals surface area contributed by atoms with E-state index in [1.54, 1.807) is 39.1 Å². The van der Waals surface area contributed by atoms with E-state index in [9.17, 15) is 13.2 Å². The van der Waals surface area contributed by atoms with Crippen LogP contribution in [0.15, 0.2) is 35.3 Å². The highest BCUT2D eigenvalue weighted by Crippen LogP contribution is 2.31. The molecule has 35 heavy (non-hydrogen) atoms. The molecule has 2 saturated heterocycles. The Morgan fingerprint density at radius 3 is 2.43 bits per heavy atom. The van der Waals surface area contributed by atoms with E-state index in [4.69, 9.17) is 16.3 Å². The van der Waals surface area contributed by atoms with Crippen molar-refractivity contribution in [1.82, 2.24) is 18.4 Å². The summed E-state index contributed by atoms with van der Waals surface area (Å²) in [6.07, 6.45) is 7.44. The van der Waals surface area contributed by atoms with Gasteiger partial charge in [0.1, 0.15) is 5.69 Å². The van der Waals surface area contributed by atoms with Gasteiger partial charge >= 0.3 is 5.56 Å². The van der Waals surface area contributed by atoms with Crippen LogP contribution in [-0.2, 0) is 10.2 Å². The topological polar surface area (TPSA) is 88.0 Å². The molecule has 1 atom stereocenters. The molecule has 190 valence electrons. The lowest BCUT2D eigenvalue weighted by Crippen LogP contribution is -2.54. The Morgan fingerprint density at radius 1 is 1.03 bits per heavy atom. The number of nitrogens with zero attached hydrogens (tertiary/aromatic N) is 5. The average molecular weight is 522 g/mol. The first-order chi connectivity index (χ1) is 16.8. The number of ether oxygens (including phenoxy) is 1. The summed E-state index contributed by atoms with van der Waals surface area (Å²) in [5, 5.41) is 4.94. The van der Waals surface area contributed by atoms with Crippen molar-refractivity contribution in [2.75, 3.05) is 37.6 Å². The van der Waals surface area contributed by atoms with Gasteiger partial charge in [-0.05, 0) is 63.6 Å². The molecule has 0 bridgehead atoms. The van der Waals surface area contributed by atoms with E-state index in [2.05, 4.69) is 5.10 Å². The van der Waals surface area contributed by atoms with Crippen molar-refractivity contribution >= 4 is 27.5 Å². The fourth-order valence-electron chi connectivity index (χ4n) is 5.29. The van der Waals surface area contributed by atoms with E-state index < -0.39 is 10.2 Å². The van der Waals surface area contributed by atoms with Gasteiger partial charge in [-0.15, -0.1) is 0 Å². The lowest BCUT2D eigenvalue weighted by Gasteiger charge is -2.38. The van der Waals surface area contributed by atoms with Crippen LogP contribution < -0.4 is 15.2 Å². The summed E-state index contributed by atoms with van der Waals surface area (Å²) >= 11 is 6.14. The lowest BCUT2D eigenvalue weighted by atomic mass is 10.2. The molecule has 1 aliphatic carbocycles. The minimum Gasteiger partial charge on any atom is -0.483 e. The second-order valence-electron chi connectivity index (χ2n) is 9.58. The normalized spacial score (nSPS) is 22.7. The van der Waals surface area contributed by atoms with Gasteiger partial charge in [-0.3, -0.25) is 4.79 Å². The van der Waals surface area contributed by atoms with Crippen molar-refractivity contribution in [3.63, 3.8) is 0 Å². The fraction of sp³-hybridized carbons (Fsp3) is 0.583. The van der Waals surface area contributed by atoms with Crippen molar-refractivity contribution in [2.45, 2.75) is 57.6 Å². The van der Waals surface area contributed by atoms with Gasteiger partial charge in [0.05, 0.1) is 18.0 Å². The molecule has 3 heterocycles. The molecule has 1 unspecified atom stereocenters. The van der Waals surface area contributed by atoms with Crippen molar-refractivity contribution in [2.24, 2.45) is 0 Å². The van der Waals surface area contributed by atoms with E-state index in [-0.39, 0.29) is 23.5 Å². The van der Waals surface area contributed by atoms with Gasteiger partial charge in [0.2, 0.25) is 5.75 Å². The van der Waals surface area contributed by atoms with Crippen LogP contribution in [-0.4, -0.2) is 71.7 Å². The number of halogens is 1. The van der Waals surface area contributed by atoms with Gasteiger partial charge < -0.3 is 9.64 Å². The van der Waals surface area contributed by atoms with Gasteiger partial charge in [0.15, 0.2) is 0 Å². The summed E-state index contributed by atoms with van der Waals surface area (Å²) in [4.78, 5) is 15.6. The Balaban J connectivity index is 1.41. The number of hydrogen-bond acceptors (Lipinski definition) is 6. The third-order valence-electron chi connectivity index (χ3n) is 7.25. The monoisotopic (exact) mass is 521 g/mol. The van der Waals surface area contributed by atoms with E-state index >= 15 is 0 Å². The molecule has 3 aliphatic rings. The molecule has 1 aromatic heterocycles. The Labute approximate surface area is 211 Å². The highest BCUT2D eigenvalue weighted by atomic mass is 35.5. The van der Waals surface area contributed by atoms with E-state index in [1.165, 1.54) is 4.68 Å². The maximum absolute atomic E-state index is 13.6. The maximum atomic E-state index is 13.6. The first-order valence-electron chi connectivity index (χ1n) is 12.4. The van der Waals surface area contributed by atoms with Crippen LogP contribution in [0.3, 0.4) is 0 Å². The zero-order chi connectivity index (χ0) is 24.6. The molecule has 1 aromatic carbocycles. The van der Waals surface area contributed by atoms with Gasteiger partial charge in [0, 0.05) is 43.8 Å². The molecule has 2 aliphatic heterocycles. The zero-order valence-electron chi connectivity index (χ0n) is 20.0. The van der Waals surface area contributed by atoms with Crippen LogP contribution in [0.25, 0.3) is 5.69 Å². The summed E-state index contributed by atoms with van der Waals surface area (Å²) in [5.74, 6) is 0.274. The Bertz CT molecular complexity index is 1220. The molecule has 1 saturated carbocycles. The second kappa shape index (κ2) is 10.1. The number of hydrogen-bond donors (Lipinski definition) is 0. The standard InChI is InChI=1S/C24H32ClN5O4S/c1-18-6-5-11-29(18)35(32,33)28-14-12-27(13-15-28)22-17-26-30(20-8-4-7-19(25)16-20)24(31)23(22)34-21-9-2-3-10-21/h4,7-8,16-18,21H,2-3,5-6,9-15H2,1H3. The van der Waals surface area contributed by atoms with Crippen LogP contribution in [0.1, 0.15) is 45.4 Å². The molecule has 5 rings (SSSR count). The fourth-order valence-corrected chi connectivity index (χ4v) is 7.31. The molecule has 3 fully saturated rings. The number of piperazine rings is 1. The minimum atomic E-state index is -3.49. The molecule has 0 N–H and O–H groups in total. The van der Waals surface area contributed by atoms with Crippen molar-refractivity contribution < 1.29 is 13.2 Å². The third kappa shape index (κ3) is 4.94. The quantitative estimate of drug-likeness (QED) is 0.580. The van der Waals surface area contributed by atoms with Gasteiger partial charge in [-0.1, -0.05) is 17.7 Å². The summed E-state index contributed by atoms with van der Waals surface area (Å²) in [5.41, 5.74) is 0.852. The molecular formula is C24H32ClN5O4S. The van der Waals surface area contributed by atoms with E-state index in [0.29, 0.717) is 49.1 Å². The Hall–Kier alpha value is -2.14. The number of benzene rings is 1. The first-order valence-corrected chi connectivity index (χ1v) is 14.2. The Morgan fingerprint density at radius 2 is 1.77 bits per heavy atom. The number of anilines is 1. The summed E-state index contributed by atoms with van der Waals surface area (Å²) in [7, 11) is -3.49. The SMILES string of the molecule is CC1CCCN1S(=O)(=O)N1CCN(c2cnn(-c3cccc(Cl)c3)c(=O)c2OC2CCCC2)CC1. The Kier molecular flexibility index (Phi) is 7.07. The smallest absolute Gasteiger partial charge is 0.316 e. The van der Waals surface area contributed by atoms with Crippen LogP contribution >= 0.6 is 11.6 Å². The molecule has 0 amide bonds. The highest BCUT2D eigenvalue weighted by Gasteiger charge is 2.38. The van der Waals surface area contributed by atoms with Gasteiger partial charge in [-0.25, -0.2) is 0 Å². The largest absolute Gasteiger partial charge is 0.483 e.